The molecule has 1 saturated heterocycles. The van der Waals surface area contributed by atoms with Crippen LogP contribution in [0.3, 0.4) is 0 Å². The van der Waals surface area contributed by atoms with Crippen molar-refractivity contribution in [3.05, 3.63) is 48.0 Å². The molecule has 7 nitrogen and oxygen atoms in total. The molecule has 1 fully saturated rings. The number of guanidine groups is 1. The molecule has 1 heterocycles. The maximum Gasteiger partial charge on any atom is 0.193 e. The minimum atomic E-state index is 0.767. The molecule has 0 aliphatic carbocycles. The third-order valence-corrected chi connectivity index (χ3v) is 5.38. The van der Waals surface area contributed by atoms with Crippen molar-refractivity contribution in [3.8, 4) is 17.2 Å². The number of ether oxygens (including phenoxy) is 3. The van der Waals surface area contributed by atoms with Gasteiger partial charge in [0.15, 0.2) is 5.96 Å². The van der Waals surface area contributed by atoms with Gasteiger partial charge in [-0.1, -0.05) is 12.1 Å². The van der Waals surface area contributed by atoms with Gasteiger partial charge in [0.05, 0.1) is 27.0 Å². The highest BCUT2D eigenvalue weighted by atomic mass is 16.5. The van der Waals surface area contributed by atoms with E-state index in [4.69, 9.17) is 14.2 Å². The Kier molecular flexibility index (Phi) is 7.65. The fourth-order valence-corrected chi connectivity index (χ4v) is 3.77. The lowest BCUT2D eigenvalue weighted by Gasteiger charge is -2.38. The summed E-state index contributed by atoms with van der Waals surface area (Å²) < 4.78 is 16.3. The van der Waals surface area contributed by atoms with Crippen molar-refractivity contribution >= 4 is 11.6 Å². The van der Waals surface area contributed by atoms with Crippen LogP contribution in [0, 0.1) is 0 Å². The molecule has 0 amide bonds. The summed E-state index contributed by atoms with van der Waals surface area (Å²) in [5.41, 5.74) is 2.26. The highest BCUT2D eigenvalue weighted by Crippen LogP contribution is 2.28. The predicted molar refractivity (Wildman–Crippen MR) is 121 cm³/mol. The minimum absolute atomic E-state index is 0.767. The number of methoxy groups -OCH3 is 3. The second kappa shape index (κ2) is 10.6. The second-order valence-corrected chi connectivity index (χ2v) is 7.05. The number of piperazine rings is 1. The number of rotatable bonds is 7. The molecule has 1 aliphatic rings. The fraction of sp³-hybridized carbons (Fsp3) is 0.435. The molecular formula is C23H32N4O3. The topological polar surface area (TPSA) is 58.6 Å². The predicted octanol–water partition coefficient (Wildman–Crippen LogP) is 2.65. The maximum absolute atomic E-state index is 5.51. The second-order valence-electron chi connectivity index (χ2n) is 7.05. The largest absolute Gasteiger partial charge is 0.497 e. The molecule has 0 atom stereocenters. The molecule has 3 rings (SSSR count). The van der Waals surface area contributed by atoms with Crippen molar-refractivity contribution in [2.24, 2.45) is 4.99 Å². The molecule has 0 radical (unpaired) electrons. The van der Waals surface area contributed by atoms with E-state index in [9.17, 15) is 0 Å². The first-order valence-electron chi connectivity index (χ1n) is 10.2. The van der Waals surface area contributed by atoms with Gasteiger partial charge >= 0.3 is 0 Å². The summed E-state index contributed by atoms with van der Waals surface area (Å²) in [5.74, 6) is 3.55. The van der Waals surface area contributed by atoms with Crippen LogP contribution in [0.25, 0.3) is 0 Å². The van der Waals surface area contributed by atoms with Crippen LogP contribution in [-0.2, 0) is 6.42 Å². The summed E-state index contributed by atoms with van der Waals surface area (Å²) in [6.45, 7) is 4.42. The van der Waals surface area contributed by atoms with Crippen LogP contribution < -0.4 is 24.4 Å². The van der Waals surface area contributed by atoms with Crippen LogP contribution in [0.2, 0.25) is 0 Å². The van der Waals surface area contributed by atoms with Gasteiger partial charge in [0.2, 0.25) is 0 Å². The highest BCUT2D eigenvalue weighted by molar-refractivity contribution is 5.80. The molecule has 30 heavy (non-hydrogen) atoms. The van der Waals surface area contributed by atoms with Crippen LogP contribution >= 0.6 is 0 Å². The third kappa shape index (κ3) is 5.09. The molecule has 0 spiro atoms. The molecule has 1 aliphatic heterocycles. The lowest BCUT2D eigenvalue weighted by atomic mass is 10.1. The normalized spacial score (nSPS) is 14.5. The van der Waals surface area contributed by atoms with Gasteiger partial charge in [0, 0.05) is 39.8 Å². The van der Waals surface area contributed by atoms with E-state index >= 15 is 0 Å². The summed E-state index contributed by atoms with van der Waals surface area (Å²) in [6, 6.07) is 14.1. The third-order valence-electron chi connectivity index (χ3n) is 5.38. The summed E-state index contributed by atoms with van der Waals surface area (Å²) >= 11 is 0. The van der Waals surface area contributed by atoms with E-state index < -0.39 is 0 Å². The van der Waals surface area contributed by atoms with Crippen molar-refractivity contribution in [2.45, 2.75) is 6.42 Å². The number of nitrogens with one attached hydrogen (secondary N) is 1. The van der Waals surface area contributed by atoms with E-state index in [1.54, 1.807) is 21.3 Å². The lowest BCUT2D eigenvalue weighted by molar-refractivity contribution is 0.367. The average molecular weight is 413 g/mol. The van der Waals surface area contributed by atoms with E-state index in [0.29, 0.717) is 0 Å². The van der Waals surface area contributed by atoms with Gasteiger partial charge < -0.3 is 29.3 Å². The monoisotopic (exact) mass is 412 g/mol. The number of benzene rings is 2. The minimum Gasteiger partial charge on any atom is -0.497 e. The number of aliphatic imine (C=N–C) groups is 1. The number of nitrogens with zero attached hydrogens (tertiary/aromatic N) is 3. The molecule has 1 N–H and O–H groups in total. The molecular weight excluding hydrogens is 380 g/mol. The summed E-state index contributed by atoms with van der Waals surface area (Å²) in [6.07, 6.45) is 0.820. The van der Waals surface area contributed by atoms with E-state index in [0.717, 1.165) is 73.6 Å². The first-order valence-corrected chi connectivity index (χ1v) is 10.2. The maximum atomic E-state index is 5.51. The smallest absolute Gasteiger partial charge is 0.193 e. The zero-order chi connectivity index (χ0) is 21.3. The Balaban J connectivity index is 1.54. The quantitative estimate of drug-likeness (QED) is 0.557. The molecule has 2 aromatic carbocycles. The number of anilines is 1. The zero-order valence-electron chi connectivity index (χ0n) is 18.4. The van der Waals surface area contributed by atoms with Gasteiger partial charge in [-0.25, -0.2) is 0 Å². The Morgan fingerprint density at radius 2 is 1.67 bits per heavy atom. The number of hydrogen-bond acceptors (Lipinski definition) is 5. The van der Waals surface area contributed by atoms with Crippen LogP contribution in [0.5, 0.6) is 17.2 Å². The van der Waals surface area contributed by atoms with E-state index in [2.05, 4.69) is 32.2 Å². The van der Waals surface area contributed by atoms with Crippen molar-refractivity contribution in [1.29, 1.82) is 0 Å². The lowest BCUT2D eigenvalue weighted by Crippen LogP contribution is -2.52. The molecule has 0 unspecified atom stereocenters. The Labute approximate surface area is 179 Å². The molecule has 162 valence electrons. The highest BCUT2D eigenvalue weighted by Gasteiger charge is 2.21. The number of hydrogen-bond donors (Lipinski definition) is 1. The Bertz CT molecular complexity index is 848. The standard InChI is InChI=1S/C23H32N4O3/c1-24-23(25-12-11-18-17-19(28-2)9-10-21(18)29-3)27-15-13-26(14-16-27)20-7-5-6-8-22(20)30-4/h5-10,17H,11-16H2,1-4H3,(H,24,25). The molecule has 0 bridgehead atoms. The SMILES string of the molecule is CN=C(NCCc1cc(OC)ccc1OC)N1CCN(c2ccccc2OC)CC1. The molecule has 0 saturated carbocycles. The summed E-state index contributed by atoms with van der Waals surface area (Å²) in [5, 5.41) is 3.49. The Morgan fingerprint density at radius 1 is 0.933 bits per heavy atom. The van der Waals surface area contributed by atoms with Gasteiger partial charge in [-0.2, -0.15) is 0 Å². The summed E-state index contributed by atoms with van der Waals surface area (Å²) in [7, 11) is 6.93. The van der Waals surface area contributed by atoms with Gasteiger partial charge in [-0.05, 0) is 42.3 Å². The van der Waals surface area contributed by atoms with Crippen LogP contribution in [0.4, 0.5) is 5.69 Å². The van der Waals surface area contributed by atoms with Crippen molar-refractivity contribution < 1.29 is 14.2 Å². The van der Waals surface area contributed by atoms with E-state index in [1.165, 1.54) is 0 Å². The fourth-order valence-electron chi connectivity index (χ4n) is 3.77. The zero-order valence-corrected chi connectivity index (χ0v) is 18.4. The number of para-hydroxylation sites is 2. The van der Waals surface area contributed by atoms with Gasteiger partial charge in [-0.15, -0.1) is 0 Å². The van der Waals surface area contributed by atoms with Crippen LogP contribution in [0.1, 0.15) is 5.56 Å². The first kappa shape index (κ1) is 21.6. The van der Waals surface area contributed by atoms with Gasteiger partial charge in [0.25, 0.3) is 0 Å². The Hall–Kier alpha value is -3.09. The van der Waals surface area contributed by atoms with E-state index in [1.807, 2.05) is 37.4 Å². The molecule has 2 aromatic rings. The van der Waals surface area contributed by atoms with Crippen LogP contribution in [0.15, 0.2) is 47.5 Å². The first-order chi connectivity index (χ1) is 14.7. The van der Waals surface area contributed by atoms with E-state index in [-0.39, 0.29) is 0 Å². The van der Waals surface area contributed by atoms with Crippen molar-refractivity contribution in [1.82, 2.24) is 10.2 Å². The van der Waals surface area contributed by atoms with Gasteiger partial charge in [-0.3, -0.25) is 4.99 Å². The Morgan fingerprint density at radius 3 is 2.33 bits per heavy atom. The van der Waals surface area contributed by atoms with Crippen molar-refractivity contribution in [3.63, 3.8) is 0 Å². The average Bonchev–Trinajstić information content (AvgIpc) is 2.81. The summed E-state index contributed by atoms with van der Waals surface area (Å²) in [4.78, 5) is 9.15. The van der Waals surface area contributed by atoms with Gasteiger partial charge in [0.1, 0.15) is 17.2 Å². The van der Waals surface area contributed by atoms with Crippen molar-refractivity contribution in [2.75, 3.05) is 66.0 Å². The van der Waals surface area contributed by atoms with Crippen LogP contribution in [-0.4, -0.2) is 72.0 Å². The molecule has 0 aromatic heterocycles. The molecule has 7 heteroatoms.